The molecule has 0 radical (unpaired) electrons. The van der Waals surface area contributed by atoms with Crippen LogP contribution in [0.25, 0.3) is 0 Å². The van der Waals surface area contributed by atoms with Crippen molar-refractivity contribution in [3.05, 3.63) is 18.2 Å². The number of ether oxygens (including phenoxy) is 1. The number of amides is 1. The Labute approximate surface area is 126 Å². The Kier molecular flexibility index (Phi) is 5.31. The molecule has 0 aromatic heterocycles. The molecular weight excluding hydrogens is 266 g/mol. The molecule has 1 aliphatic rings. The van der Waals surface area contributed by atoms with Crippen molar-refractivity contribution in [3.8, 4) is 5.75 Å². The molecule has 1 amide bonds. The highest BCUT2D eigenvalue weighted by Crippen LogP contribution is 2.31. The van der Waals surface area contributed by atoms with Crippen molar-refractivity contribution in [2.45, 2.75) is 26.2 Å². The number of benzene rings is 1. The van der Waals surface area contributed by atoms with Crippen LogP contribution in [0, 0.1) is 0 Å². The highest BCUT2D eigenvalue weighted by molar-refractivity contribution is 5.76. The summed E-state index contributed by atoms with van der Waals surface area (Å²) in [5.74, 6) is 1.10. The van der Waals surface area contributed by atoms with E-state index in [4.69, 9.17) is 10.5 Å². The molecule has 116 valence electrons. The number of rotatable bonds is 5. The second-order valence-corrected chi connectivity index (χ2v) is 5.40. The molecule has 2 rings (SSSR count). The van der Waals surface area contributed by atoms with E-state index in [0.717, 1.165) is 56.1 Å². The quantitative estimate of drug-likeness (QED) is 0.844. The predicted molar refractivity (Wildman–Crippen MR) is 85.7 cm³/mol. The summed E-state index contributed by atoms with van der Waals surface area (Å²) < 4.78 is 5.40. The summed E-state index contributed by atoms with van der Waals surface area (Å²) in [5, 5.41) is 0. The SMILES string of the molecule is CCCCC(=O)N1CCN(c2cc(N)ccc2OC)CC1. The molecular formula is C16H25N3O2. The Bertz CT molecular complexity index is 482. The average Bonchev–Trinajstić information content (AvgIpc) is 2.52. The van der Waals surface area contributed by atoms with Crippen LogP contribution in [0.5, 0.6) is 5.75 Å². The molecule has 1 aromatic rings. The van der Waals surface area contributed by atoms with Gasteiger partial charge in [0.15, 0.2) is 0 Å². The first-order chi connectivity index (χ1) is 10.2. The van der Waals surface area contributed by atoms with Crippen molar-refractivity contribution in [2.24, 2.45) is 0 Å². The van der Waals surface area contributed by atoms with E-state index < -0.39 is 0 Å². The highest BCUT2D eigenvalue weighted by Gasteiger charge is 2.22. The number of carbonyl (C=O) groups is 1. The Balaban J connectivity index is 1.98. The number of anilines is 2. The summed E-state index contributed by atoms with van der Waals surface area (Å²) in [7, 11) is 1.67. The van der Waals surface area contributed by atoms with E-state index in [-0.39, 0.29) is 5.91 Å². The van der Waals surface area contributed by atoms with Gasteiger partial charge in [-0.3, -0.25) is 4.79 Å². The highest BCUT2D eigenvalue weighted by atomic mass is 16.5. The first-order valence-electron chi connectivity index (χ1n) is 7.62. The van der Waals surface area contributed by atoms with Gasteiger partial charge in [-0.25, -0.2) is 0 Å². The number of methoxy groups -OCH3 is 1. The Morgan fingerprint density at radius 2 is 2.00 bits per heavy atom. The Hall–Kier alpha value is -1.91. The lowest BCUT2D eigenvalue weighted by Crippen LogP contribution is -2.48. The van der Waals surface area contributed by atoms with Gasteiger partial charge in [0.25, 0.3) is 0 Å². The van der Waals surface area contributed by atoms with Crippen molar-refractivity contribution in [3.63, 3.8) is 0 Å². The number of nitrogen functional groups attached to an aromatic ring is 1. The molecule has 0 unspecified atom stereocenters. The summed E-state index contributed by atoms with van der Waals surface area (Å²) in [6.07, 6.45) is 2.70. The second kappa shape index (κ2) is 7.20. The fourth-order valence-electron chi connectivity index (χ4n) is 2.64. The summed E-state index contributed by atoms with van der Waals surface area (Å²) in [6, 6.07) is 5.67. The zero-order chi connectivity index (χ0) is 15.2. The molecule has 5 nitrogen and oxygen atoms in total. The van der Waals surface area contributed by atoms with Crippen LogP contribution in [0.2, 0.25) is 0 Å². The summed E-state index contributed by atoms with van der Waals surface area (Å²) >= 11 is 0. The van der Waals surface area contributed by atoms with Crippen LogP contribution in [0.15, 0.2) is 18.2 Å². The molecule has 1 aromatic carbocycles. The minimum Gasteiger partial charge on any atom is -0.495 e. The standard InChI is InChI=1S/C16H25N3O2/c1-3-4-5-16(20)19-10-8-18(9-11-19)14-12-13(17)6-7-15(14)21-2/h6-7,12H,3-5,8-11,17H2,1-2H3. The van der Waals surface area contributed by atoms with Gasteiger partial charge in [-0.15, -0.1) is 0 Å². The largest absolute Gasteiger partial charge is 0.495 e. The fourth-order valence-corrected chi connectivity index (χ4v) is 2.64. The van der Waals surface area contributed by atoms with Gasteiger partial charge < -0.3 is 20.3 Å². The van der Waals surface area contributed by atoms with Gasteiger partial charge in [0, 0.05) is 38.3 Å². The van der Waals surface area contributed by atoms with E-state index >= 15 is 0 Å². The molecule has 5 heteroatoms. The maximum atomic E-state index is 12.0. The summed E-state index contributed by atoms with van der Waals surface area (Å²) in [5.41, 5.74) is 7.61. The van der Waals surface area contributed by atoms with Crippen LogP contribution >= 0.6 is 0 Å². The Morgan fingerprint density at radius 1 is 1.29 bits per heavy atom. The summed E-state index contributed by atoms with van der Waals surface area (Å²) in [6.45, 7) is 5.27. The van der Waals surface area contributed by atoms with Crippen LogP contribution in [0.1, 0.15) is 26.2 Å². The van der Waals surface area contributed by atoms with Gasteiger partial charge in [-0.05, 0) is 24.6 Å². The lowest BCUT2D eigenvalue weighted by atomic mass is 10.2. The van der Waals surface area contributed by atoms with Gasteiger partial charge in [0.2, 0.25) is 5.91 Å². The molecule has 0 saturated carbocycles. The third-order valence-corrected chi connectivity index (χ3v) is 3.92. The number of piperazine rings is 1. The monoisotopic (exact) mass is 291 g/mol. The number of carbonyl (C=O) groups excluding carboxylic acids is 1. The van der Waals surface area contributed by atoms with Crippen LogP contribution in [-0.4, -0.2) is 44.1 Å². The molecule has 1 fully saturated rings. The van der Waals surface area contributed by atoms with E-state index in [0.29, 0.717) is 6.42 Å². The smallest absolute Gasteiger partial charge is 0.222 e. The number of hydrogen-bond acceptors (Lipinski definition) is 4. The molecule has 0 spiro atoms. The first-order valence-corrected chi connectivity index (χ1v) is 7.62. The maximum Gasteiger partial charge on any atom is 0.222 e. The van der Waals surface area contributed by atoms with Crippen molar-refractivity contribution >= 4 is 17.3 Å². The number of nitrogens with zero attached hydrogens (tertiary/aromatic N) is 2. The van der Waals surface area contributed by atoms with Crippen LogP contribution in [0.3, 0.4) is 0 Å². The molecule has 0 atom stereocenters. The molecule has 0 bridgehead atoms. The number of hydrogen-bond donors (Lipinski definition) is 1. The molecule has 1 saturated heterocycles. The Morgan fingerprint density at radius 3 is 2.62 bits per heavy atom. The van der Waals surface area contributed by atoms with Gasteiger partial charge >= 0.3 is 0 Å². The van der Waals surface area contributed by atoms with Gasteiger partial charge in [-0.2, -0.15) is 0 Å². The van der Waals surface area contributed by atoms with E-state index in [1.807, 2.05) is 23.1 Å². The van der Waals surface area contributed by atoms with E-state index in [2.05, 4.69) is 11.8 Å². The van der Waals surface area contributed by atoms with E-state index in [1.54, 1.807) is 7.11 Å². The predicted octanol–water partition coefficient (Wildman–Crippen LogP) is 2.12. The van der Waals surface area contributed by atoms with Crippen LogP contribution in [0.4, 0.5) is 11.4 Å². The first kappa shape index (κ1) is 15.5. The lowest BCUT2D eigenvalue weighted by Gasteiger charge is -2.36. The second-order valence-electron chi connectivity index (χ2n) is 5.40. The summed E-state index contributed by atoms with van der Waals surface area (Å²) in [4.78, 5) is 16.2. The number of unbranched alkanes of at least 4 members (excludes halogenated alkanes) is 1. The third kappa shape index (κ3) is 3.80. The molecule has 0 aliphatic carbocycles. The number of nitrogens with two attached hydrogens (primary N) is 1. The fraction of sp³-hybridized carbons (Fsp3) is 0.562. The third-order valence-electron chi connectivity index (χ3n) is 3.92. The normalized spacial score (nSPS) is 15.1. The minimum atomic E-state index is 0.274. The van der Waals surface area contributed by atoms with Crippen molar-refractivity contribution in [2.75, 3.05) is 43.9 Å². The van der Waals surface area contributed by atoms with Gasteiger partial charge in [0.1, 0.15) is 5.75 Å². The zero-order valence-electron chi connectivity index (χ0n) is 13.0. The van der Waals surface area contributed by atoms with E-state index in [9.17, 15) is 4.79 Å². The van der Waals surface area contributed by atoms with Crippen molar-refractivity contribution < 1.29 is 9.53 Å². The van der Waals surface area contributed by atoms with Crippen LogP contribution in [-0.2, 0) is 4.79 Å². The lowest BCUT2D eigenvalue weighted by molar-refractivity contribution is -0.131. The topological polar surface area (TPSA) is 58.8 Å². The average molecular weight is 291 g/mol. The zero-order valence-corrected chi connectivity index (χ0v) is 13.0. The van der Waals surface area contributed by atoms with Gasteiger partial charge in [-0.1, -0.05) is 13.3 Å². The van der Waals surface area contributed by atoms with E-state index in [1.165, 1.54) is 0 Å². The van der Waals surface area contributed by atoms with Crippen LogP contribution < -0.4 is 15.4 Å². The maximum absolute atomic E-state index is 12.0. The van der Waals surface area contributed by atoms with Crippen molar-refractivity contribution in [1.82, 2.24) is 4.90 Å². The van der Waals surface area contributed by atoms with Gasteiger partial charge in [0.05, 0.1) is 12.8 Å². The van der Waals surface area contributed by atoms with Crippen molar-refractivity contribution in [1.29, 1.82) is 0 Å². The molecule has 2 N–H and O–H groups in total. The molecule has 1 heterocycles. The molecule has 21 heavy (non-hydrogen) atoms. The molecule has 1 aliphatic heterocycles. The minimum absolute atomic E-state index is 0.274.